The van der Waals surface area contributed by atoms with Gasteiger partial charge in [0.25, 0.3) is 0 Å². The minimum atomic E-state index is 0.554. The number of fused-ring (bicyclic) bond motifs is 3. The third-order valence-electron chi connectivity index (χ3n) is 3.38. The molecule has 3 aliphatic rings. The summed E-state index contributed by atoms with van der Waals surface area (Å²) in [7, 11) is 0. The van der Waals surface area contributed by atoms with Gasteiger partial charge in [-0.1, -0.05) is 18.1 Å². The monoisotopic (exact) mass is 157 g/mol. The first-order valence-electron chi connectivity index (χ1n) is 4.75. The van der Waals surface area contributed by atoms with Gasteiger partial charge < -0.3 is 0 Å². The molecular weight excluding hydrogens is 146 g/mol. The minimum absolute atomic E-state index is 0.554. The molecule has 0 N–H and O–H groups in total. The molecule has 0 heterocycles. The van der Waals surface area contributed by atoms with Crippen LogP contribution in [0.4, 0.5) is 0 Å². The number of rotatable bonds is 0. The summed E-state index contributed by atoms with van der Waals surface area (Å²) in [5.41, 5.74) is 1.59. The van der Waals surface area contributed by atoms with Crippen molar-refractivity contribution in [3.63, 3.8) is 0 Å². The van der Waals surface area contributed by atoms with Crippen molar-refractivity contribution in [1.29, 1.82) is 5.26 Å². The average molecular weight is 157 g/mol. The van der Waals surface area contributed by atoms with E-state index in [-0.39, 0.29) is 0 Å². The molecule has 0 aromatic heterocycles. The molecule has 2 fully saturated rings. The van der Waals surface area contributed by atoms with E-state index in [2.05, 4.69) is 12.1 Å². The summed E-state index contributed by atoms with van der Waals surface area (Å²) in [6.45, 7) is 0. The number of hydrogen-bond donors (Lipinski definition) is 0. The molecule has 12 heavy (non-hydrogen) atoms. The van der Waals surface area contributed by atoms with Crippen LogP contribution in [0.2, 0.25) is 0 Å². The molecule has 2 atom stereocenters. The van der Waals surface area contributed by atoms with Crippen molar-refractivity contribution in [1.82, 2.24) is 0 Å². The van der Waals surface area contributed by atoms with E-state index in [1.807, 2.05) is 0 Å². The lowest BCUT2D eigenvalue weighted by atomic mass is 9.82. The molecule has 3 rings (SSSR count). The first-order chi connectivity index (χ1) is 5.92. The molecule has 0 aliphatic heterocycles. The van der Waals surface area contributed by atoms with Crippen molar-refractivity contribution < 1.29 is 0 Å². The highest BCUT2D eigenvalue weighted by molar-refractivity contribution is 5.56. The Morgan fingerprint density at radius 2 is 2.17 bits per heavy atom. The first-order valence-corrected chi connectivity index (χ1v) is 4.75. The Balaban J connectivity index is 1.87. The Morgan fingerprint density at radius 1 is 1.33 bits per heavy atom. The van der Waals surface area contributed by atoms with Crippen LogP contribution < -0.4 is 0 Å². The van der Waals surface area contributed by atoms with Crippen LogP contribution >= 0.6 is 0 Å². The molecule has 60 valence electrons. The van der Waals surface area contributed by atoms with E-state index in [1.54, 1.807) is 11.5 Å². The van der Waals surface area contributed by atoms with Crippen molar-refractivity contribution in [2.75, 3.05) is 0 Å². The van der Waals surface area contributed by atoms with Crippen LogP contribution in [0, 0.1) is 35.0 Å². The first kappa shape index (κ1) is 6.71. The number of hydrogen-bond acceptors (Lipinski definition) is 1. The summed E-state index contributed by atoms with van der Waals surface area (Å²) < 4.78 is 0. The SMILES string of the molecule is N#C[C]1C2C=C3CCCC[C]3C12. The molecule has 2 unspecified atom stereocenters. The van der Waals surface area contributed by atoms with Gasteiger partial charge in [-0.3, -0.25) is 0 Å². The third kappa shape index (κ3) is 0.684. The highest BCUT2D eigenvalue weighted by atomic mass is 14.6. The van der Waals surface area contributed by atoms with Crippen molar-refractivity contribution in [2.45, 2.75) is 25.7 Å². The van der Waals surface area contributed by atoms with Gasteiger partial charge in [-0.25, -0.2) is 0 Å². The fourth-order valence-corrected chi connectivity index (χ4v) is 2.73. The summed E-state index contributed by atoms with van der Waals surface area (Å²) in [5.74, 6) is 3.89. The van der Waals surface area contributed by atoms with Crippen LogP contribution in [-0.2, 0) is 0 Å². The standard InChI is InChI=1S/C11H11N/c12-6-10-9-5-7-3-1-2-4-8(7)11(9)10/h5,9,11H,1-4H2. The molecule has 0 bridgehead atoms. The molecule has 3 aliphatic carbocycles. The maximum Gasteiger partial charge on any atom is 0.0877 e. The topological polar surface area (TPSA) is 23.8 Å². The summed E-state index contributed by atoms with van der Waals surface area (Å²) in [5, 5.41) is 8.77. The third-order valence-corrected chi connectivity index (χ3v) is 3.38. The zero-order valence-electron chi connectivity index (χ0n) is 7.01. The Hall–Kier alpha value is -0.770. The molecule has 2 saturated carbocycles. The number of allylic oxidation sites excluding steroid dienone is 2. The van der Waals surface area contributed by atoms with Crippen molar-refractivity contribution in [2.24, 2.45) is 11.8 Å². The molecule has 1 heteroatoms. The fraction of sp³-hybridized carbons (Fsp3) is 0.545. The fourth-order valence-electron chi connectivity index (χ4n) is 2.73. The quantitative estimate of drug-likeness (QED) is 0.529. The summed E-state index contributed by atoms with van der Waals surface area (Å²) in [6, 6.07) is 2.33. The summed E-state index contributed by atoms with van der Waals surface area (Å²) in [4.78, 5) is 0. The summed E-state index contributed by atoms with van der Waals surface area (Å²) >= 11 is 0. The highest BCUT2D eigenvalue weighted by Gasteiger charge is 2.59. The van der Waals surface area contributed by atoms with E-state index < -0.39 is 0 Å². The Labute approximate surface area is 73.1 Å². The zero-order chi connectivity index (χ0) is 8.13. The van der Waals surface area contributed by atoms with Gasteiger partial charge in [0.05, 0.1) is 12.0 Å². The van der Waals surface area contributed by atoms with E-state index in [4.69, 9.17) is 5.26 Å². The van der Waals surface area contributed by atoms with Crippen molar-refractivity contribution >= 4 is 0 Å². The van der Waals surface area contributed by atoms with Gasteiger partial charge in [0.1, 0.15) is 0 Å². The average Bonchev–Trinajstić information content (AvgIpc) is 2.68. The van der Waals surface area contributed by atoms with Gasteiger partial charge in [0, 0.05) is 11.8 Å². The van der Waals surface area contributed by atoms with E-state index in [9.17, 15) is 0 Å². The smallest absolute Gasteiger partial charge is 0.0877 e. The predicted octanol–water partition coefficient (Wildman–Crippen LogP) is 2.42. The van der Waals surface area contributed by atoms with E-state index in [0.717, 1.165) is 5.92 Å². The van der Waals surface area contributed by atoms with E-state index in [1.165, 1.54) is 25.7 Å². The zero-order valence-corrected chi connectivity index (χ0v) is 7.01. The lowest BCUT2D eigenvalue weighted by Crippen LogP contribution is -2.08. The molecule has 0 amide bonds. The maximum absolute atomic E-state index is 8.77. The van der Waals surface area contributed by atoms with Gasteiger partial charge in [-0.2, -0.15) is 5.26 Å². The molecule has 2 radical (unpaired) electrons. The normalized spacial score (nSPS) is 39.8. The van der Waals surface area contributed by atoms with Crippen LogP contribution in [0.15, 0.2) is 11.6 Å². The Morgan fingerprint density at radius 3 is 3.00 bits per heavy atom. The van der Waals surface area contributed by atoms with Crippen molar-refractivity contribution in [3.8, 4) is 6.07 Å². The van der Waals surface area contributed by atoms with Gasteiger partial charge >= 0.3 is 0 Å². The predicted molar refractivity (Wildman–Crippen MR) is 45.6 cm³/mol. The summed E-state index contributed by atoms with van der Waals surface area (Å²) in [6.07, 6.45) is 7.59. The molecule has 0 saturated heterocycles. The van der Waals surface area contributed by atoms with Gasteiger partial charge in [0.2, 0.25) is 0 Å². The van der Waals surface area contributed by atoms with Gasteiger partial charge in [-0.05, 0) is 25.2 Å². The van der Waals surface area contributed by atoms with Crippen LogP contribution in [0.1, 0.15) is 25.7 Å². The van der Waals surface area contributed by atoms with Crippen molar-refractivity contribution in [3.05, 3.63) is 23.5 Å². The number of nitriles is 1. The molecular formula is C11H11N. The second-order valence-electron chi connectivity index (χ2n) is 3.99. The van der Waals surface area contributed by atoms with E-state index >= 15 is 0 Å². The number of nitrogens with zero attached hydrogens (tertiary/aromatic N) is 1. The maximum atomic E-state index is 8.77. The van der Waals surface area contributed by atoms with Gasteiger partial charge in [0.15, 0.2) is 0 Å². The lowest BCUT2D eigenvalue weighted by molar-refractivity contribution is 0.596. The molecule has 0 aromatic rings. The molecule has 0 spiro atoms. The Bertz CT molecular complexity index is 284. The van der Waals surface area contributed by atoms with Crippen LogP contribution in [0.5, 0.6) is 0 Å². The molecule has 0 aromatic carbocycles. The largest absolute Gasteiger partial charge is 0.198 e. The van der Waals surface area contributed by atoms with Crippen LogP contribution in [0.25, 0.3) is 0 Å². The minimum Gasteiger partial charge on any atom is -0.198 e. The lowest BCUT2D eigenvalue weighted by Gasteiger charge is -2.21. The van der Waals surface area contributed by atoms with Crippen LogP contribution in [0.3, 0.4) is 0 Å². The van der Waals surface area contributed by atoms with Gasteiger partial charge in [-0.15, -0.1) is 0 Å². The highest BCUT2D eigenvalue weighted by Crippen LogP contribution is 2.64. The second-order valence-corrected chi connectivity index (χ2v) is 3.99. The second kappa shape index (κ2) is 2.13. The van der Waals surface area contributed by atoms with Crippen LogP contribution in [-0.4, -0.2) is 0 Å². The Kier molecular flexibility index (Phi) is 1.19. The van der Waals surface area contributed by atoms with E-state index in [0.29, 0.717) is 11.8 Å². The molecule has 1 nitrogen and oxygen atoms in total.